The van der Waals surface area contributed by atoms with Crippen molar-refractivity contribution in [3.8, 4) is 0 Å². The van der Waals surface area contributed by atoms with Gasteiger partial charge in [-0.3, -0.25) is 4.90 Å². The van der Waals surface area contributed by atoms with Gasteiger partial charge in [0.2, 0.25) is 5.95 Å². The molecule has 1 aromatic carbocycles. The number of nitrogens with one attached hydrogen (secondary N) is 1. The van der Waals surface area contributed by atoms with Crippen LogP contribution in [0.4, 0.5) is 20.4 Å². The first kappa shape index (κ1) is 24.6. The molecule has 8 nitrogen and oxygen atoms in total. The molecule has 0 bridgehead atoms. The zero-order valence-electron chi connectivity index (χ0n) is 18.7. The SMILES string of the molecule is O=S1(=O)CC[C@H](N2CCC(c3cc4nc(Nc5cnn(CC(F)F)c5Cl)ncc4cc3Cl)CC2)C1. The van der Waals surface area contributed by atoms with Crippen molar-refractivity contribution < 1.29 is 17.2 Å². The van der Waals surface area contributed by atoms with E-state index in [4.69, 9.17) is 23.2 Å². The molecule has 2 aliphatic heterocycles. The molecule has 0 radical (unpaired) electrons. The van der Waals surface area contributed by atoms with E-state index in [-0.39, 0.29) is 34.6 Å². The van der Waals surface area contributed by atoms with Crippen molar-refractivity contribution in [1.82, 2.24) is 24.6 Å². The highest BCUT2D eigenvalue weighted by Crippen LogP contribution is 2.36. The Labute approximate surface area is 211 Å². The lowest BCUT2D eigenvalue weighted by molar-refractivity contribution is 0.122. The Morgan fingerprint density at radius 1 is 1.14 bits per heavy atom. The van der Waals surface area contributed by atoms with Gasteiger partial charge >= 0.3 is 0 Å². The average molecular weight is 545 g/mol. The van der Waals surface area contributed by atoms with Gasteiger partial charge in [0.05, 0.1) is 28.9 Å². The van der Waals surface area contributed by atoms with Crippen molar-refractivity contribution in [2.75, 3.05) is 29.9 Å². The van der Waals surface area contributed by atoms with Gasteiger partial charge in [0.25, 0.3) is 6.43 Å². The largest absolute Gasteiger partial charge is 0.320 e. The van der Waals surface area contributed by atoms with E-state index in [1.165, 1.54) is 6.20 Å². The smallest absolute Gasteiger partial charge is 0.257 e. The summed E-state index contributed by atoms with van der Waals surface area (Å²) in [5.41, 5.74) is 2.04. The van der Waals surface area contributed by atoms with Gasteiger partial charge in [-0.2, -0.15) is 5.10 Å². The lowest BCUT2D eigenvalue weighted by Gasteiger charge is -2.36. The van der Waals surface area contributed by atoms with Gasteiger partial charge in [-0.15, -0.1) is 0 Å². The Bertz CT molecular complexity index is 1350. The number of hydrogen-bond donors (Lipinski definition) is 1. The number of sulfone groups is 1. The molecule has 0 saturated carbocycles. The molecule has 13 heteroatoms. The van der Waals surface area contributed by atoms with Crippen LogP contribution in [0, 0.1) is 0 Å². The summed E-state index contributed by atoms with van der Waals surface area (Å²) in [5, 5.41) is 8.30. The van der Waals surface area contributed by atoms with Crippen LogP contribution in [0.2, 0.25) is 10.2 Å². The molecule has 2 fully saturated rings. The van der Waals surface area contributed by atoms with Crippen molar-refractivity contribution in [1.29, 1.82) is 0 Å². The number of piperidine rings is 1. The Morgan fingerprint density at radius 3 is 2.60 bits per heavy atom. The maximum atomic E-state index is 12.7. The van der Waals surface area contributed by atoms with E-state index >= 15 is 0 Å². The minimum absolute atomic E-state index is 0.0487. The fourth-order valence-corrected chi connectivity index (χ4v) is 7.21. The summed E-state index contributed by atoms with van der Waals surface area (Å²) in [5.74, 6) is 1.05. The van der Waals surface area contributed by atoms with Gasteiger partial charge < -0.3 is 5.32 Å². The van der Waals surface area contributed by atoms with E-state index in [1.807, 2.05) is 12.1 Å². The fraction of sp³-hybridized carbons (Fsp3) is 0.500. The molecule has 188 valence electrons. The van der Waals surface area contributed by atoms with Crippen LogP contribution in [-0.2, 0) is 16.4 Å². The van der Waals surface area contributed by atoms with E-state index in [0.29, 0.717) is 22.6 Å². The quantitative estimate of drug-likeness (QED) is 0.488. The molecule has 35 heavy (non-hydrogen) atoms. The summed E-state index contributed by atoms with van der Waals surface area (Å²) in [4.78, 5) is 11.1. The van der Waals surface area contributed by atoms with Gasteiger partial charge in [-0.25, -0.2) is 31.8 Å². The number of halogens is 4. The number of hydrogen-bond acceptors (Lipinski definition) is 7. The van der Waals surface area contributed by atoms with Gasteiger partial charge in [0, 0.05) is 22.6 Å². The molecule has 4 heterocycles. The van der Waals surface area contributed by atoms with E-state index in [9.17, 15) is 17.2 Å². The monoisotopic (exact) mass is 544 g/mol. The zero-order valence-corrected chi connectivity index (χ0v) is 21.0. The minimum atomic E-state index is -2.90. The summed E-state index contributed by atoms with van der Waals surface area (Å²) in [7, 11) is -2.90. The van der Waals surface area contributed by atoms with Crippen molar-refractivity contribution >= 4 is 55.6 Å². The number of alkyl halides is 2. The predicted molar refractivity (Wildman–Crippen MR) is 132 cm³/mol. The normalized spacial score (nSPS) is 21.2. The molecule has 2 aromatic heterocycles. The summed E-state index contributed by atoms with van der Waals surface area (Å²) >= 11 is 12.8. The van der Waals surface area contributed by atoms with Crippen LogP contribution in [0.25, 0.3) is 10.9 Å². The molecule has 0 aliphatic carbocycles. The molecular weight excluding hydrogens is 521 g/mol. The molecular formula is C22H24Cl2F2N6O2S. The zero-order chi connectivity index (χ0) is 24.7. The number of likely N-dealkylation sites (tertiary alicyclic amines) is 1. The van der Waals surface area contributed by atoms with Crippen LogP contribution in [0.5, 0.6) is 0 Å². The van der Waals surface area contributed by atoms with Crippen LogP contribution < -0.4 is 5.32 Å². The second-order valence-corrected chi connectivity index (χ2v) is 12.0. The Hall–Kier alpha value is -2.08. The number of fused-ring (bicyclic) bond motifs is 1. The second-order valence-electron chi connectivity index (χ2n) is 9.04. The molecule has 5 rings (SSSR count). The highest BCUT2D eigenvalue weighted by molar-refractivity contribution is 7.91. The van der Waals surface area contributed by atoms with Crippen molar-refractivity contribution in [2.24, 2.45) is 0 Å². The van der Waals surface area contributed by atoms with Crippen LogP contribution in [0.15, 0.2) is 24.5 Å². The average Bonchev–Trinajstić information content (AvgIpc) is 3.35. The number of nitrogens with zero attached hydrogens (tertiary/aromatic N) is 5. The van der Waals surface area contributed by atoms with Crippen LogP contribution in [-0.4, -0.2) is 70.1 Å². The summed E-state index contributed by atoms with van der Waals surface area (Å²) < 4.78 is 50.0. The maximum absolute atomic E-state index is 12.7. The number of benzene rings is 1. The number of rotatable bonds is 6. The standard InChI is InChI=1S/C22H24Cl2F2N6O2S/c23-17-7-14-9-27-22(30-19-10-28-32(21(19)24)11-20(25)26)29-18(14)8-16(17)13-1-4-31(5-2-13)15-3-6-35(33,34)12-15/h7-10,13,15,20H,1-6,11-12H2,(H,27,29,30)/t15-/m0/s1. The van der Waals surface area contributed by atoms with E-state index in [1.54, 1.807) is 6.20 Å². The maximum Gasteiger partial charge on any atom is 0.257 e. The molecule has 0 unspecified atom stereocenters. The van der Waals surface area contributed by atoms with Gasteiger partial charge in [-0.05, 0) is 56.0 Å². The Balaban J connectivity index is 1.31. The van der Waals surface area contributed by atoms with Gasteiger partial charge in [-0.1, -0.05) is 23.2 Å². The third-order valence-electron chi connectivity index (χ3n) is 6.72. The molecule has 1 atom stereocenters. The number of aromatic nitrogens is 4. The van der Waals surface area contributed by atoms with Crippen molar-refractivity contribution in [2.45, 2.75) is 44.2 Å². The summed E-state index contributed by atoms with van der Waals surface area (Å²) in [6, 6.07) is 3.93. The molecule has 2 aliphatic rings. The van der Waals surface area contributed by atoms with Crippen LogP contribution in [0.3, 0.4) is 0 Å². The summed E-state index contributed by atoms with van der Waals surface area (Å²) in [6.07, 6.45) is 2.91. The second kappa shape index (κ2) is 9.76. The molecule has 0 spiro atoms. The first-order chi connectivity index (χ1) is 16.7. The number of anilines is 2. The lowest BCUT2D eigenvalue weighted by Crippen LogP contribution is -2.41. The lowest BCUT2D eigenvalue weighted by atomic mass is 9.88. The molecule has 1 N–H and O–H groups in total. The molecule has 0 amide bonds. The Morgan fingerprint density at radius 2 is 1.91 bits per heavy atom. The predicted octanol–water partition coefficient (Wildman–Crippen LogP) is 4.51. The van der Waals surface area contributed by atoms with Gasteiger partial charge in [0.15, 0.2) is 15.0 Å². The van der Waals surface area contributed by atoms with Crippen molar-refractivity contribution in [3.05, 3.63) is 40.3 Å². The first-order valence-corrected chi connectivity index (χ1v) is 13.9. The molecule has 2 saturated heterocycles. The third kappa shape index (κ3) is 5.37. The first-order valence-electron chi connectivity index (χ1n) is 11.4. The topological polar surface area (TPSA) is 93.0 Å². The van der Waals surface area contributed by atoms with Crippen molar-refractivity contribution in [3.63, 3.8) is 0 Å². The van der Waals surface area contributed by atoms with Crippen LogP contribution in [0.1, 0.15) is 30.7 Å². The highest BCUT2D eigenvalue weighted by Gasteiger charge is 2.34. The molecule has 3 aromatic rings. The highest BCUT2D eigenvalue weighted by atomic mass is 35.5. The van der Waals surface area contributed by atoms with E-state index < -0.39 is 22.8 Å². The van der Waals surface area contributed by atoms with E-state index in [2.05, 4.69) is 25.3 Å². The Kier molecular flexibility index (Phi) is 6.86. The third-order valence-corrected chi connectivity index (χ3v) is 9.20. The van der Waals surface area contributed by atoms with E-state index in [0.717, 1.165) is 41.6 Å². The fourth-order valence-electron chi connectivity index (χ4n) is 4.91. The van der Waals surface area contributed by atoms with Gasteiger partial charge in [0.1, 0.15) is 6.54 Å². The summed E-state index contributed by atoms with van der Waals surface area (Å²) in [6.45, 7) is 1.06. The van der Waals surface area contributed by atoms with Crippen LogP contribution >= 0.6 is 23.2 Å². The minimum Gasteiger partial charge on any atom is -0.320 e.